The fraction of sp³-hybridized carbons (Fsp3) is 0.519. The van der Waals surface area contributed by atoms with Gasteiger partial charge in [0.05, 0.1) is 49.2 Å². The lowest BCUT2D eigenvalue weighted by molar-refractivity contribution is -0.122. The van der Waals surface area contributed by atoms with Crippen LogP contribution in [0, 0.1) is 13.8 Å². The number of nitrogens with one attached hydrogen (secondary N) is 3. The Morgan fingerprint density at radius 1 is 1.02 bits per heavy atom. The number of aliphatic hydroxyl groups is 5. The van der Waals surface area contributed by atoms with Crippen LogP contribution in [-0.2, 0) is 43.8 Å². The molecule has 24 nitrogen and oxygen atoms in total. The van der Waals surface area contributed by atoms with Gasteiger partial charge < -0.3 is 51.1 Å². The normalized spacial score (nSPS) is 31.2. The number of β-amino-alcohol motifs (C(OH)–C–C–N with tert-alkyl or cyclic N) is 1. The number of ether oxygens (including phenoxy) is 1. The number of hydrogen-bond donors (Lipinski definition) is 11. The van der Waals surface area contributed by atoms with Crippen molar-refractivity contribution < 1.29 is 72.1 Å². The summed E-state index contributed by atoms with van der Waals surface area (Å²) in [6.45, 7) is 1.06. The van der Waals surface area contributed by atoms with Gasteiger partial charge in [-0.1, -0.05) is 0 Å². The number of imidazole rings is 1. The molecular formula is C27H36N9O15P2S+. The van der Waals surface area contributed by atoms with E-state index in [9.17, 15) is 54.0 Å². The zero-order valence-corrected chi connectivity index (χ0v) is 30.7. The van der Waals surface area contributed by atoms with Gasteiger partial charge in [0.25, 0.3) is 0 Å². The Morgan fingerprint density at radius 3 is 2.46 bits per heavy atom. The molecule has 7 rings (SSSR count). The summed E-state index contributed by atoms with van der Waals surface area (Å²) in [5.74, 6) is -0.584. The highest BCUT2D eigenvalue weighted by molar-refractivity contribution is 7.91. The van der Waals surface area contributed by atoms with E-state index in [1.54, 1.807) is 12.1 Å². The molecule has 54 heavy (non-hydrogen) atoms. The molecule has 2 unspecified atom stereocenters. The van der Waals surface area contributed by atoms with Crippen molar-refractivity contribution in [3.63, 3.8) is 0 Å². The van der Waals surface area contributed by atoms with E-state index < -0.39 is 100 Å². The number of carbonyl (C=O) groups is 2. The van der Waals surface area contributed by atoms with Crippen LogP contribution in [0.5, 0.6) is 0 Å². The molecular weight excluding hydrogens is 784 g/mol. The number of carbonyl (C=O) groups excluding carboxylic acids is 2. The number of urea groups is 1. The van der Waals surface area contributed by atoms with Gasteiger partial charge in [-0.15, -0.1) is 0 Å². The molecule has 1 aromatic carbocycles. The number of fused-ring (bicyclic) bond motifs is 2. The van der Waals surface area contributed by atoms with Gasteiger partial charge in [0, 0.05) is 0 Å². The summed E-state index contributed by atoms with van der Waals surface area (Å²) < 4.78 is 45.6. The molecule has 4 aliphatic heterocycles. The maximum Gasteiger partial charge on any atom is 0.481 e. The molecule has 0 saturated carbocycles. The summed E-state index contributed by atoms with van der Waals surface area (Å²) in [6, 6.07) is 2.75. The molecule has 4 aliphatic rings. The van der Waals surface area contributed by atoms with Gasteiger partial charge in [0.2, 0.25) is 0 Å². The lowest BCUT2D eigenvalue weighted by Gasteiger charge is -2.40. The van der Waals surface area contributed by atoms with Gasteiger partial charge in [-0.3, -0.25) is 33.9 Å². The van der Waals surface area contributed by atoms with Crippen molar-refractivity contribution >= 4 is 67.7 Å². The number of aromatic nitrogens is 4. The van der Waals surface area contributed by atoms with Gasteiger partial charge in [0.1, 0.15) is 48.5 Å². The van der Waals surface area contributed by atoms with Crippen molar-refractivity contribution in [1.82, 2.24) is 30.2 Å². The topological polar surface area (TPSA) is 356 Å². The number of anilines is 3. The van der Waals surface area contributed by atoms with Crippen LogP contribution in [0.3, 0.4) is 0 Å². The summed E-state index contributed by atoms with van der Waals surface area (Å²) in [5, 5.41) is 61.6. The molecule has 3 amide bonds. The quantitative estimate of drug-likeness (QED) is 0.0353. The number of thiol groups is 1. The minimum Gasteiger partial charge on any atom is -0.388 e. The van der Waals surface area contributed by atoms with Crippen LogP contribution in [0.2, 0.25) is 0 Å². The van der Waals surface area contributed by atoms with Gasteiger partial charge in [0.15, 0.2) is 17.7 Å². The molecule has 0 aliphatic carbocycles. The second-order valence-corrected chi connectivity index (χ2v) is 17.5. The molecule has 294 valence electrons. The zero-order chi connectivity index (χ0) is 39.1. The van der Waals surface area contributed by atoms with Crippen molar-refractivity contribution in [3.8, 4) is 0 Å². The number of nitrogens with two attached hydrogens (primary N) is 1. The highest BCUT2D eigenvalue weighted by Crippen LogP contribution is 2.61. The van der Waals surface area contributed by atoms with E-state index >= 15 is 0 Å². The lowest BCUT2D eigenvalue weighted by atomic mass is 9.98. The molecule has 11 atom stereocenters. The SMILES string of the molecule is Cc1cc2c(cc1C)N(C[C@H](O)[C@H](O)[C@H](O)COP(=O)(O)OP(=O)(O)OC[C@H]1O[C@@H](n3cnc4c(N)ncnc43)[C@H](O)[C@@H]1O)[C@@]13NC(=O)NC(=O)[C@]1(N2)[SH+]3. The van der Waals surface area contributed by atoms with Crippen molar-refractivity contribution in [2.24, 2.45) is 0 Å². The van der Waals surface area contributed by atoms with Gasteiger partial charge in [-0.2, -0.15) is 4.31 Å². The number of amides is 3. The molecule has 0 bridgehead atoms. The second-order valence-electron chi connectivity index (χ2n) is 13.0. The average molecular weight is 821 g/mol. The molecule has 27 heteroatoms. The number of rotatable bonds is 13. The summed E-state index contributed by atoms with van der Waals surface area (Å²) >= 11 is 0.405. The first-order valence-corrected chi connectivity index (χ1v) is 19.9. The maximum absolute atomic E-state index is 13.0. The van der Waals surface area contributed by atoms with Crippen LogP contribution in [0.25, 0.3) is 11.2 Å². The third-order valence-electron chi connectivity index (χ3n) is 9.41. The van der Waals surface area contributed by atoms with E-state index in [1.807, 2.05) is 13.8 Å². The Balaban J connectivity index is 0.951. The summed E-state index contributed by atoms with van der Waals surface area (Å²) in [7, 11) is -11.0. The first kappa shape index (κ1) is 38.7. The number of aliphatic hydroxyl groups excluding tert-OH is 5. The predicted molar refractivity (Wildman–Crippen MR) is 184 cm³/mol. The molecule has 3 aromatic rings. The Morgan fingerprint density at radius 2 is 1.72 bits per heavy atom. The second kappa shape index (κ2) is 13.6. The Bertz CT molecular complexity index is 2120. The van der Waals surface area contributed by atoms with E-state index in [0.717, 1.165) is 17.5 Å². The number of imide groups is 1. The maximum atomic E-state index is 13.0. The predicted octanol–water partition coefficient (Wildman–Crippen LogP) is -3.07. The minimum atomic E-state index is -5.53. The summed E-state index contributed by atoms with van der Waals surface area (Å²) in [5.41, 5.74) is 8.77. The number of aryl methyl sites for hydroxylation is 2. The van der Waals surface area contributed by atoms with E-state index in [4.69, 9.17) is 15.0 Å². The van der Waals surface area contributed by atoms with Crippen molar-refractivity contribution in [2.75, 3.05) is 35.7 Å². The fourth-order valence-electron chi connectivity index (χ4n) is 6.46. The standard InChI is InChI=1S/C27H35N9O15P2S/c1-10-3-12-13(4-11(10)2)36(27-26(33-12,54-27)24(42)32-25(43)34-27)5-14(37)18(39)15(38)6-48-52(44,45)51-53(46,47)49-7-16-19(40)20(41)23(50-16)35-9-31-17-21(28)29-8-30-22(17)35/h3-4,8-9,14-16,18-20,23,33,37-41H,5-7H2,1-2H3,(H,44,45)(H,46,47)(H2,28,29,30)(H2,32,34,42,43)/p+1/t14-,15+,16+,18-,19+,20+,23+,26-,27-/m0/s1. The third-order valence-corrected chi connectivity index (χ3v) is 13.8. The monoisotopic (exact) mass is 820 g/mol. The Labute approximate surface area is 307 Å². The number of nitrogen functional groups attached to an aromatic ring is 1. The molecule has 6 heterocycles. The van der Waals surface area contributed by atoms with Crippen LogP contribution in [-0.4, -0.2) is 133 Å². The van der Waals surface area contributed by atoms with Crippen LogP contribution < -0.4 is 26.6 Å². The number of nitrogens with zero attached hydrogens (tertiary/aromatic N) is 5. The first-order chi connectivity index (χ1) is 25.3. The molecule has 3 fully saturated rings. The van der Waals surface area contributed by atoms with Crippen LogP contribution in [0.4, 0.5) is 22.0 Å². The molecule has 2 aromatic heterocycles. The molecule has 0 radical (unpaired) electrons. The highest BCUT2D eigenvalue weighted by atomic mass is 32.2. The summed E-state index contributed by atoms with van der Waals surface area (Å²) in [6.07, 6.45) is -9.75. The van der Waals surface area contributed by atoms with Gasteiger partial charge in [-0.25, -0.2) is 28.9 Å². The highest BCUT2D eigenvalue weighted by Gasteiger charge is 2.93. The average Bonchev–Trinajstić information content (AvgIpc) is 3.43. The molecule has 0 spiro atoms. The minimum absolute atomic E-state index is 0.0336. The van der Waals surface area contributed by atoms with Gasteiger partial charge in [-0.05, 0) is 37.1 Å². The molecule has 3 saturated heterocycles. The van der Waals surface area contributed by atoms with Crippen molar-refractivity contribution in [2.45, 2.75) is 66.6 Å². The third kappa shape index (κ3) is 6.62. The smallest absolute Gasteiger partial charge is 0.388 e. The summed E-state index contributed by atoms with van der Waals surface area (Å²) in [4.78, 5) is 56.3. The lowest BCUT2D eigenvalue weighted by Crippen LogP contribution is -2.71. The number of benzene rings is 1. The molecule has 12 N–H and O–H groups in total. The van der Waals surface area contributed by atoms with Gasteiger partial charge >= 0.3 is 37.4 Å². The number of phosphoric acid groups is 2. The van der Waals surface area contributed by atoms with Crippen LogP contribution >= 0.6 is 15.6 Å². The zero-order valence-electron chi connectivity index (χ0n) is 28.0. The van der Waals surface area contributed by atoms with E-state index in [2.05, 4.69) is 39.7 Å². The fourth-order valence-corrected chi connectivity index (χ4v) is 10.1. The van der Waals surface area contributed by atoms with Crippen molar-refractivity contribution in [3.05, 3.63) is 35.9 Å². The van der Waals surface area contributed by atoms with Crippen LogP contribution in [0.15, 0.2) is 24.8 Å². The van der Waals surface area contributed by atoms with Crippen LogP contribution in [0.1, 0.15) is 17.4 Å². The Kier molecular flexibility index (Phi) is 9.76. The van der Waals surface area contributed by atoms with E-state index in [0.29, 0.717) is 23.1 Å². The van der Waals surface area contributed by atoms with Crippen molar-refractivity contribution in [1.29, 1.82) is 0 Å². The number of hydrogen-bond acceptors (Lipinski definition) is 19. The largest absolute Gasteiger partial charge is 0.481 e. The van der Waals surface area contributed by atoms with E-state index in [1.165, 1.54) is 15.8 Å². The first-order valence-electron chi connectivity index (χ1n) is 16.0. The van der Waals surface area contributed by atoms with E-state index in [-0.39, 0.29) is 17.0 Å². The Hall–Kier alpha value is -3.52. The number of phosphoric ester groups is 2.